The van der Waals surface area contributed by atoms with Crippen molar-refractivity contribution in [2.24, 2.45) is 5.92 Å². The molecule has 6 nitrogen and oxygen atoms in total. The van der Waals surface area contributed by atoms with Crippen LogP contribution in [-0.4, -0.2) is 38.2 Å². The van der Waals surface area contributed by atoms with Crippen LogP contribution in [0.2, 0.25) is 0 Å². The van der Waals surface area contributed by atoms with Gasteiger partial charge in [-0.3, -0.25) is 4.79 Å². The lowest BCUT2D eigenvalue weighted by Crippen LogP contribution is -2.54. The maximum Gasteiger partial charge on any atom is 0.242 e. The van der Waals surface area contributed by atoms with Crippen molar-refractivity contribution in [3.63, 3.8) is 0 Å². The number of nitrogens with one attached hydrogen (secondary N) is 1. The minimum absolute atomic E-state index is 0.00279. The summed E-state index contributed by atoms with van der Waals surface area (Å²) in [4.78, 5) is 11.9. The lowest BCUT2D eigenvalue weighted by Gasteiger charge is -2.38. The number of carbonyl (C=O) groups excluding carboxylic acids is 1. The van der Waals surface area contributed by atoms with Crippen LogP contribution in [0.15, 0.2) is 12.4 Å². The largest absolute Gasteiger partial charge is 0.394 e. The first kappa shape index (κ1) is 13.0. The molecule has 1 saturated carbocycles. The summed E-state index contributed by atoms with van der Waals surface area (Å²) in [5.41, 5.74) is -0.440. The van der Waals surface area contributed by atoms with Gasteiger partial charge in [-0.15, -0.1) is 5.10 Å². The summed E-state index contributed by atoms with van der Waals surface area (Å²) in [7, 11) is 0. The molecule has 0 bridgehead atoms. The maximum absolute atomic E-state index is 11.9. The molecule has 1 amide bonds. The Labute approximate surface area is 106 Å². The molecular weight excluding hydrogens is 232 g/mol. The predicted octanol–water partition coefficient (Wildman–Crippen LogP) is 0.335. The predicted molar refractivity (Wildman–Crippen MR) is 65.6 cm³/mol. The van der Waals surface area contributed by atoms with E-state index in [1.54, 1.807) is 6.20 Å². The molecule has 0 aromatic carbocycles. The van der Waals surface area contributed by atoms with Crippen molar-refractivity contribution in [1.29, 1.82) is 0 Å². The van der Waals surface area contributed by atoms with E-state index in [0.717, 1.165) is 25.7 Å². The minimum Gasteiger partial charge on any atom is -0.394 e. The van der Waals surface area contributed by atoms with Crippen molar-refractivity contribution in [3.05, 3.63) is 12.4 Å². The zero-order valence-electron chi connectivity index (χ0n) is 10.7. The van der Waals surface area contributed by atoms with E-state index in [2.05, 4.69) is 22.6 Å². The quantitative estimate of drug-likeness (QED) is 0.809. The summed E-state index contributed by atoms with van der Waals surface area (Å²) < 4.78 is 1.48. The molecular formula is C12H20N4O2. The topological polar surface area (TPSA) is 80.0 Å². The van der Waals surface area contributed by atoms with Crippen molar-refractivity contribution in [2.45, 2.75) is 44.7 Å². The highest BCUT2D eigenvalue weighted by Crippen LogP contribution is 2.31. The van der Waals surface area contributed by atoms with Crippen LogP contribution in [0, 0.1) is 5.92 Å². The lowest BCUT2D eigenvalue weighted by molar-refractivity contribution is -0.125. The zero-order chi connectivity index (χ0) is 13.0. The van der Waals surface area contributed by atoms with Gasteiger partial charge in [0.25, 0.3) is 0 Å². The van der Waals surface area contributed by atoms with E-state index in [4.69, 9.17) is 0 Å². The van der Waals surface area contributed by atoms with Gasteiger partial charge < -0.3 is 10.4 Å². The molecule has 18 heavy (non-hydrogen) atoms. The Morgan fingerprint density at radius 1 is 1.56 bits per heavy atom. The Morgan fingerprint density at radius 2 is 2.28 bits per heavy atom. The summed E-state index contributed by atoms with van der Waals surface area (Å²) in [6, 6.07) is 0. The van der Waals surface area contributed by atoms with Gasteiger partial charge in [-0.2, -0.15) is 0 Å². The molecule has 100 valence electrons. The smallest absolute Gasteiger partial charge is 0.242 e. The van der Waals surface area contributed by atoms with Gasteiger partial charge in [0.2, 0.25) is 5.91 Å². The molecule has 0 radical (unpaired) electrons. The van der Waals surface area contributed by atoms with Crippen molar-refractivity contribution < 1.29 is 9.90 Å². The average Bonchev–Trinajstić information content (AvgIpc) is 2.85. The van der Waals surface area contributed by atoms with Gasteiger partial charge in [0, 0.05) is 6.20 Å². The molecule has 0 spiro atoms. The van der Waals surface area contributed by atoms with Crippen LogP contribution < -0.4 is 5.32 Å². The molecule has 1 aliphatic carbocycles. The van der Waals surface area contributed by atoms with Gasteiger partial charge in [-0.1, -0.05) is 12.1 Å². The van der Waals surface area contributed by atoms with Crippen LogP contribution >= 0.6 is 0 Å². The standard InChI is InChI=1S/C12H20N4O2/c1-10-2-4-12(9-17,5-3-10)14-11(18)8-16-7-6-13-15-16/h6-7,10,17H,2-5,8-9H2,1H3,(H,14,18). The SMILES string of the molecule is CC1CCC(CO)(NC(=O)Cn2ccnn2)CC1. The monoisotopic (exact) mass is 252 g/mol. The summed E-state index contributed by atoms with van der Waals surface area (Å²) in [5, 5.41) is 19.9. The Hall–Kier alpha value is -1.43. The minimum atomic E-state index is -0.440. The number of aliphatic hydroxyl groups is 1. The third-order valence-electron chi connectivity index (χ3n) is 3.72. The van der Waals surface area contributed by atoms with E-state index < -0.39 is 5.54 Å². The molecule has 0 saturated heterocycles. The van der Waals surface area contributed by atoms with Gasteiger partial charge in [0.1, 0.15) is 6.54 Å². The molecule has 1 aliphatic rings. The highest BCUT2D eigenvalue weighted by atomic mass is 16.3. The summed E-state index contributed by atoms with van der Waals surface area (Å²) in [5.74, 6) is 0.556. The number of aromatic nitrogens is 3. The van der Waals surface area contributed by atoms with E-state index in [1.807, 2.05) is 0 Å². The molecule has 0 aliphatic heterocycles. The highest BCUT2D eigenvalue weighted by molar-refractivity contribution is 5.76. The van der Waals surface area contributed by atoms with Crippen LogP contribution in [0.1, 0.15) is 32.6 Å². The van der Waals surface area contributed by atoms with Crippen molar-refractivity contribution in [1.82, 2.24) is 20.3 Å². The Bertz CT molecular complexity index is 383. The third-order valence-corrected chi connectivity index (χ3v) is 3.72. The van der Waals surface area contributed by atoms with Gasteiger partial charge in [-0.25, -0.2) is 4.68 Å². The first-order chi connectivity index (χ1) is 8.63. The Balaban J connectivity index is 1.91. The van der Waals surface area contributed by atoms with Crippen molar-refractivity contribution in [3.8, 4) is 0 Å². The fraction of sp³-hybridized carbons (Fsp3) is 0.750. The van der Waals surface area contributed by atoms with E-state index in [1.165, 1.54) is 10.9 Å². The van der Waals surface area contributed by atoms with Gasteiger partial charge >= 0.3 is 0 Å². The Morgan fingerprint density at radius 3 is 2.83 bits per heavy atom. The van der Waals surface area contributed by atoms with E-state index in [0.29, 0.717) is 5.92 Å². The van der Waals surface area contributed by atoms with E-state index >= 15 is 0 Å². The van der Waals surface area contributed by atoms with E-state index in [9.17, 15) is 9.90 Å². The molecule has 1 aromatic heterocycles. The average molecular weight is 252 g/mol. The summed E-state index contributed by atoms with van der Waals surface area (Å²) >= 11 is 0. The number of amides is 1. The lowest BCUT2D eigenvalue weighted by atomic mass is 9.77. The summed E-state index contributed by atoms with van der Waals surface area (Å²) in [6.45, 7) is 2.36. The fourth-order valence-electron chi connectivity index (χ4n) is 2.44. The van der Waals surface area contributed by atoms with E-state index in [-0.39, 0.29) is 19.1 Å². The first-order valence-electron chi connectivity index (χ1n) is 6.39. The van der Waals surface area contributed by atoms with Crippen LogP contribution in [0.4, 0.5) is 0 Å². The van der Waals surface area contributed by atoms with Crippen LogP contribution in [0.5, 0.6) is 0 Å². The highest BCUT2D eigenvalue weighted by Gasteiger charge is 2.34. The van der Waals surface area contributed by atoms with Gasteiger partial charge in [0.15, 0.2) is 0 Å². The van der Waals surface area contributed by atoms with Crippen LogP contribution in [0.3, 0.4) is 0 Å². The molecule has 1 heterocycles. The van der Waals surface area contributed by atoms with Crippen LogP contribution in [0.25, 0.3) is 0 Å². The van der Waals surface area contributed by atoms with Crippen molar-refractivity contribution >= 4 is 5.91 Å². The molecule has 1 fully saturated rings. The number of hydrogen-bond donors (Lipinski definition) is 2. The molecule has 1 aromatic rings. The second kappa shape index (κ2) is 5.48. The second-order valence-electron chi connectivity index (χ2n) is 5.27. The maximum atomic E-state index is 11.9. The second-order valence-corrected chi connectivity index (χ2v) is 5.27. The molecule has 2 rings (SSSR count). The van der Waals surface area contributed by atoms with Gasteiger partial charge in [0.05, 0.1) is 18.3 Å². The van der Waals surface area contributed by atoms with Crippen LogP contribution in [-0.2, 0) is 11.3 Å². The number of hydrogen-bond acceptors (Lipinski definition) is 4. The Kier molecular flexibility index (Phi) is 3.96. The fourth-order valence-corrected chi connectivity index (χ4v) is 2.44. The van der Waals surface area contributed by atoms with Crippen molar-refractivity contribution in [2.75, 3.05) is 6.61 Å². The molecule has 0 atom stereocenters. The number of aliphatic hydroxyl groups excluding tert-OH is 1. The molecule has 6 heteroatoms. The summed E-state index contributed by atoms with van der Waals surface area (Å²) in [6.07, 6.45) is 6.96. The normalized spacial score (nSPS) is 28.0. The first-order valence-corrected chi connectivity index (χ1v) is 6.39. The molecule has 2 N–H and O–H groups in total. The number of carbonyl (C=O) groups is 1. The number of nitrogens with zero attached hydrogens (tertiary/aromatic N) is 3. The zero-order valence-corrected chi connectivity index (χ0v) is 10.7. The third kappa shape index (κ3) is 3.07. The number of rotatable bonds is 4. The van der Waals surface area contributed by atoms with Gasteiger partial charge in [-0.05, 0) is 31.6 Å². The molecule has 0 unspecified atom stereocenters.